The third-order valence-electron chi connectivity index (χ3n) is 7.87. The number of carbonyl (C=O) groups is 1. The summed E-state index contributed by atoms with van der Waals surface area (Å²) in [5, 5.41) is 21.1. The highest BCUT2D eigenvalue weighted by Crippen LogP contribution is 2.48. The van der Waals surface area contributed by atoms with Gasteiger partial charge in [0.05, 0.1) is 12.2 Å². The number of fused-ring (bicyclic) bond motifs is 1. The van der Waals surface area contributed by atoms with Crippen molar-refractivity contribution in [2.75, 3.05) is 13.1 Å². The van der Waals surface area contributed by atoms with Gasteiger partial charge in [0, 0.05) is 25.4 Å². The maximum atomic E-state index is 12.1. The van der Waals surface area contributed by atoms with Crippen molar-refractivity contribution in [1.82, 2.24) is 4.90 Å². The van der Waals surface area contributed by atoms with Crippen LogP contribution < -0.4 is 0 Å². The predicted octanol–water partition coefficient (Wildman–Crippen LogP) is 4.86. The lowest BCUT2D eigenvalue weighted by atomic mass is 9.83. The van der Waals surface area contributed by atoms with Crippen molar-refractivity contribution in [3.05, 3.63) is 23.8 Å². The van der Waals surface area contributed by atoms with E-state index in [1.165, 1.54) is 24.8 Å². The van der Waals surface area contributed by atoms with Gasteiger partial charge in [-0.3, -0.25) is 4.79 Å². The Morgan fingerprint density at radius 3 is 2.63 bits per heavy atom. The van der Waals surface area contributed by atoms with Gasteiger partial charge in [-0.1, -0.05) is 43.1 Å². The maximum Gasteiger partial charge on any atom is 0.222 e. The third kappa shape index (κ3) is 5.97. The molecule has 3 rings (SSSR count). The van der Waals surface area contributed by atoms with Crippen LogP contribution in [0.5, 0.6) is 0 Å². The van der Waals surface area contributed by atoms with Gasteiger partial charge in [0.15, 0.2) is 0 Å². The largest absolute Gasteiger partial charge is 0.392 e. The quantitative estimate of drug-likeness (QED) is 0.394. The van der Waals surface area contributed by atoms with Crippen LogP contribution in [0.15, 0.2) is 23.8 Å². The molecule has 2 fully saturated rings. The molecular weight excluding hydrogens is 374 g/mol. The van der Waals surface area contributed by atoms with Crippen LogP contribution in [0.2, 0.25) is 0 Å². The molecule has 0 aromatic heterocycles. The molecule has 2 saturated carbocycles. The summed E-state index contributed by atoms with van der Waals surface area (Å²) in [6.07, 6.45) is 17.6. The summed E-state index contributed by atoms with van der Waals surface area (Å²) in [5.41, 5.74) is 1.51. The number of hydrogen-bond acceptors (Lipinski definition) is 3. The summed E-state index contributed by atoms with van der Waals surface area (Å²) in [5.74, 6) is 1.82. The van der Waals surface area contributed by atoms with E-state index in [0.29, 0.717) is 24.2 Å². The molecule has 170 valence electrons. The first kappa shape index (κ1) is 23.5. The van der Waals surface area contributed by atoms with E-state index in [4.69, 9.17) is 0 Å². The van der Waals surface area contributed by atoms with Gasteiger partial charge < -0.3 is 15.1 Å². The van der Waals surface area contributed by atoms with Gasteiger partial charge in [-0.2, -0.15) is 0 Å². The average molecular weight is 418 g/mol. The molecule has 0 saturated heterocycles. The zero-order chi connectivity index (χ0) is 21.5. The molecule has 5 atom stereocenters. The molecule has 3 aliphatic rings. The summed E-state index contributed by atoms with van der Waals surface area (Å²) in [7, 11) is 0. The number of unbranched alkanes of at least 4 members (excludes halogenated alkanes) is 1. The van der Waals surface area contributed by atoms with Crippen LogP contribution >= 0.6 is 0 Å². The highest BCUT2D eigenvalue weighted by molar-refractivity contribution is 5.76. The van der Waals surface area contributed by atoms with E-state index in [9.17, 15) is 15.0 Å². The Labute approximate surface area is 183 Å². The monoisotopic (exact) mass is 417 g/mol. The fourth-order valence-electron chi connectivity index (χ4n) is 6.03. The van der Waals surface area contributed by atoms with Gasteiger partial charge in [-0.15, -0.1) is 0 Å². The molecule has 4 nitrogen and oxygen atoms in total. The van der Waals surface area contributed by atoms with Gasteiger partial charge in [0.1, 0.15) is 0 Å². The van der Waals surface area contributed by atoms with Crippen molar-refractivity contribution in [1.29, 1.82) is 0 Å². The van der Waals surface area contributed by atoms with Crippen LogP contribution in [-0.4, -0.2) is 46.3 Å². The number of carbonyl (C=O) groups excluding carboxylic acids is 1. The molecule has 4 heteroatoms. The van der Waals surface area contributed by atoms with Gasteiger partial charge in [0.2, 0.25) is 5.91 Å². The van der Waals surface area contributed by atoms with Gasteiger partial charge in [-0.25, -0.2) is 0 Å². The normalized spacial score (nSPS) is 30.5. The lowest BCUT2D eigenvalue weighted by molar-refractivity contribution is -0.130. The summed E-state index contributed by atoms with van der Waals surface area (Å²) in [6.45, 7) is 5.68. The van der Waals surface area contributed by atoms with Gasteiger partial charge in [-0.05, 0) is 76.5 Å². The lowest BCUT2D eigenvalue weighted by Crippen LogP contribution is -2.30. The zero-order valence-electron chi connectivity index (χ0n) is 19.1. The molecule has 30 heavy (non-hydrogen) atoms. The first-order valence-electron chi connectivity index (χ1n) is 12.5. The number of nitrogens with zero attached hydrogens (tertiary/aromatic N) is 1. The molecule has 0 radical (unpaired) electrons. The molecule has 2 N–H and O–H groups in total. The molecule has 0 heterocycles. The SMILES string of the molecule is CCN(CC)C(=O)CCCCC1=C[C@H]2C[C@@H](O)[C@H](/C=C/[C@@H](O)C3CCCCC3)[C@H]2C1. The molecule has 0 aromatic rings. The zero-order valence-corrected chi connectivity index (χ0v) is 19.1. The second-order valence-electron chi connectivity index (χ2n) is 9.78. The minimum atomic E-state index is -0.353. The Bertz CT molecular complexity index is 603. The first-order chi connectivity index (χ1) is 14.5. The van der Waals surface area contributed by atoms with Crippen LogP contribution in [0.4, 0.5) is 0 Å². The van der Waals surface area contributed by atoms with Crippen molar-refractivity contribution in [3.8, 4) is 0 Å². The summed E-state index contributed by atoms with van der Waals surface area (Å²) >= 11 is 0. The number of allylic oxidation sites excluding steroid dienone is 2. The summed E-state index contributed by atoms with van der Waals surface area (Å²) in [6, 6.07) is 0. The van der Waals surface area contributed by atoms with E-state index >= 15 is 0 Å². The second kappa shape index (κ2) is 11.5. The minimum Gasteiger partial charge on any atom is -0.392 e. The van der Waals surface area contributed by atoms with E-state index in [2.05, 4.69) is 12.2 Å². The number of amides is 1. The van der Waals surface area contributed by atoms with Crippen LogP contribution in [0.1, 0.15) is 84.5 Å². The van der Waals surface area contributed by atoms with E-state index in [-0.39, 0.29) is 24.0 Å². The second-order valence-corrected chi connectivity index (χ2v) is 9.78. The minimum absolute atomic E-state index is 0.172. The first-order valence-corrected chi connectivity index (χ1v) is 12.5. The summed E-state index contributed by atoms with van der Waals surface area (Å²) in [4.78, 5) is 14.1. The van der Waals surface area contributed by atoms with Crippen molar-refractivity contribution in [2.45, 2.75) is 96.7 Å². The maximum absolute atomic E-state index is 12.1. The van der Waals surface area contributed by atoms with Crippen molar-refractivity contribution in [3.63, 3.8) is 0 Å². The Balaban J connectivity index is 1.43. The fourth-order valence-corrected chi connectivity index (χ4v) is 6.03. The fraction of sp³-hybridized carbons (Fsp3) is 0.808. The number of rotatable bonds is 10. The Morgan fingerprint density at radius 1 is 1.20 bits per heavy atom. The van der Waals surface area contributed by atoms with Crippen LogP contribution in [0.3, 0.4) is 0 Å². The number of aliphatic hydroxyl groups is 2. The smallest absolute Gasteiger partial charge is 0.222 e. The van der Waals surface area contributed by atoms with Crippen LogP contribution in [0, 0.1) is 23.7 Å². The van der Waals surface area contributed by atoms with Crippen molar-refractivity contribution < 1.29 is 15.0 Å². The van der Waals surface area contributed by atoms with E-state index in [1.54, 1.807) is 0 Å². The van der Waals surface area contributed by atoms with Crippen LogP contribution in [-0.2, 0) is 4.79 Å². The third-order valence-corrected chi connectivity index (χ3v) is 7.87. The van der Waals surface area contributed by atoms with E-state index in [1.807, 2.05) is 24.8 Å². The Morgan fingerprint density at radius 2 is 1.93 bits per heavy atom. The van der Waals surface area contributed by atoms with E-state index in [0.717, 1.165) is 58.0 Å². The number of aliphatic hydroxyl groups excluding tert-OH is 2. The van der Waals surface area contributed by atoms with E-state index < -0.39 is 0 Å². The van der Waals surface area contributed by atoms with Gasteiger partial charge >= 0.3 is 0 Å². The molecule has 0 aromatic carbocycles. The molecular formula is C26H43NO3. The molecule has 3 aliphatic carbocycles. The highest BCUT2D eigenvalue weighted by Gasteiger charge is 2.43. The van der Waals surface area contributed by atoms with Gasteiger partial charge in [0.25, 0.3) is 0 Å². The van der Waals surface area contributed by atoms with Crippen LogP contribution in [0.25, 0.3) is 0 Å². The lowest BCUT2D eigenvalue weighted by Gasteiger charge is -2.25. The molecule has 0 aliphatic heterocycles. The molecule has 0 spiro atoms. The van der Waals surface area contributed by atoms with Crippen molar-refractivity contribution >= 4 is 5.91 Å². The Kier molecular flexibility index (Phi) is 9.00. The Hall–Kier alpha value is -1.13. The van der Waals surface area contributed by atoms with Crippen molar-refractivity contribution in [2.24, 2.45) is 23.7 Å². The molecule has 0 unspecified atom stereocenters. The standard InChI is InChI=1S/C26H43NO3/c1-3-27(4-2)26(30)13-9-8-10-19-16-21-18-25(29)22(23(21)17-19)14-15-24(28)20-11-6-5-7-12-20/h14-16,20-25,28-29H,3-13,17-18H2,1-2H3/b15-14+/t21-,22+,23-,24+,25+/m0/s1. The highest BCUT2D eigenvalue weighted by atomic mass is 16.3. The predicted molar refractivity (Wildman–Crippen MR) is 122 cm³/mol. The molecule has 0 bridgehead atoms. The average Bonchev–Trinajstić information content (AvgIpc) is 3.27. The topological polar surface area (TPSA) is 60.8 Å². The molecule has 1 amide bonds. The summed E-state index contributed by atoms with van der Waals surface area (Å²) < 4.78 is 0. The number of hydrogen-bond donors (Lipinski definition) is 2.